The lowest BCUT2D eigenvalue weighted by Crippen LogP contribution is -2.30. The summed E-state index contributed by atoms with van der Waals surface area (Å²) in [6, 6.07) is 0. The number of hydrogen-bond acceptors (Lipinski definition) is 3. The van der Waals surface area contributed by atoms with Gasteiger partial charge in [-0.05, 0) is 17.2 Å². The second kappa shape index (κ2) is 5.86. The van der Waals surface area contributed by atoms with Gasteiger partial charge in [0.1, 0.15) is 0 Å². The average molecular weight is 221 g/mol. The van der Waals surface area contributed by atoms with Crippen LogP contribution in [0.1, 0.15) is 41.5 Å². The molecule has 0 radical (unpaired) electrons. The van der Waals surface area contributed by atoms with Gasteiger partial charge in [-0.25, -0.2) is 0 Å². The van der Waals surface area contributed by atoms with Crippen molar-refractivity contribution in [2.24, 2.45) is 11.1 Å². The monoisotopic (exact) mass is 221 g/mol. The van der Waals surface area contributed by atoms with Crippen LogP contribution in [0.15, 0.2) is 11.1 Å². The van der Waals surface area contributed by atoms with Crippen molar-refractivity contribution in [2.45, 2.75) is 46.3 Å². The van der Waals surface area contributed by atoms with Crippen molar-refractivity contribution in [3.05, 3.63) is 11.1 Å². The van der Waals surface area contributed by atoms with E-state index in [1.165, 1.54) is 6.20 Å². The molecule has 80 valence electrons. The Balaban J connectivity index is 0. The van der Waals surface area contributed by atoms with Crippen molar-refractivity contribution in [2.75, 3.05) is 0 Å². The van der Waals surface area contributed by atoms with Crippen LogP contribution in [0.2, 0.25) is 0 Å². The number of rotatable bonds is 0. The third kappa shape index (κ3) is 10.2. The van der Waals surface area contributed by atoms with E-state index in [2.05, 4.69) is 59.9 Å². The molecule has 0 fully saturated rings. The van der Waals surface area contributed by atoms with Gasteiger partial charge in [0.2, 0.25) is 0 Å². The smallest absolute Gasteiger partial charge is 0.0121 e. The lowest BCUT2D eigenvalue weighted by atomic mass is 9.83. The van der Waals surface area contributed by atoms with E-state index in [9.17, 15) is 0 Å². The van der Waals surface area contributed by atoms with E-state index in [1.54, 1.807) is 0 Å². The van der Waals surface area contributed by atoms with Crippen LogP contribution in [0.3, 0.4) is 0 Å². The zero-order valence-electron chi connectivity index (χ0n) is 9.55. The predicted molar refractivity (Wildman–Crippen MR) is 69.5 cm³/mol. The first-order valence-electron chi connectivity index (χ1n) is 4.32. The van der Waals surface area contributed by atoms with Crippen molar-refractivity contribution >= 4 is 25.3 Å². The Kier molecular flexibility index (Phi) is 7.08. The molecule has 0 aromatic rings. The Bertz CT molecular complexity index is 145. The van der Waals surface area contributed by atoms with Gasteiger partial charge in [-0.15, -0.1) is 12.6 Å². The molecule has 0 aromatic heterocycles. The topological polar surface area (TPSA) is 26.0 Å². The molecule has 0 bridgehead atoms. The molecule has 1 nitrogen and oxygen atoms in total. The van der Waals surface area contributed by atoms with Gasteiger partial charge in [-0.3, -0.25) is 0 Å². The highest BCUT2D eigenvalue weighted by Crippen LogP contribution is 2.34. The van der Waals surface area contributed by atoms with Gasteiger partial charge in [-0.2, -0.15) is 12.6 Å². The van der Waals surface area contributed by atoms with E-state index < -0.39 is 0 Å². The normalized spacial score (nSPS) is 13.4. The van der Waals surface area contributed by atoms with Crippen LogP contribution in [0.5, 0.6) is 0 Å². The molecule has 0 saturated carbocycles. The molecule has 0 heterocycles. The zero-order valence-corrected chi connectivity index (χ0v) is 11.3. The lowest BCUT2D eigenvalue weighted by Gasteiger charge is -2.33. The van der Waals surface area contributed by atoms with Crippen molar-refractivity contribution < 1.29 is 0 Å². The molecule has 2 N–H and O–H groups in total. The van der Waals surface area contributed by atoms with E-state index in [-0.39, 0.29) is 4.75 Å². The molecule has 13 heavy (non-hydrogen) atoms. The second-order valence-corrected chi connectivity index (χ2v) is 6.44. The van der Waals surface area contributed by atoms with E-state index in [1.807, 2.05) is 6.92 Å². The first kappa shape index (κ1) is 15.7. The van der Waals surface area contributed by atoms with Crippen LogP contribution in [0.25, 0.3) is 0 Å². The summed E-state index contributed by atoms with van der Waals surface area (Å²) in [5, 5.41) is 0. The number of hydrogen-bond donors (Lipinski definition) is 3. The third-order valence-corrected chi connectivity index (χ3v) is 2.90. The standard InChI is InChI=1S/C7H16S.C3H7NS/c1-6(2,3)7(4,5)8;1-3(5)2-4/h8H,1-5H3;2,5H,4H2,1H3/b;3-2+. The van der Waals surface area contributed by atoms with E-state index in [4.69, 9.17) is 5.73 Å². The van der Waals surface area contributed by atoms with Crippen molar-refractivity contribution in [3.63, 3.8) is 0 Å². The third-order valence-electron chi connectivity index (χ3n) is 2.08. The highest BCUT2D eigenvalue weighted by molar-refractivity contribution is 7.84. The minimum atomic E-state index is 0.132. The Hall–Kier alpha value is 0.240. The summed E-state index contributed by atoms with van der Waals surface area (Å²) in [6.07, 6.45) is 1.45. The maximum atomic E-state index is 4.93. The SMILES string of the molecule is C/C(S)=C\N.CC(C)(C)C(C)(C)S. The molecule has 0 rings (SSSR count). The summed E-state index contributed by atoms with van der Waals surface area (Å²) < 4.78 is 0.132. The lowest BCUT2D eigenvalue weighted by molar-refractivity contribution is 0.322. The van der Waals surface area contributed by atoms with E-state index >= 15 is 0 Å². The Morgan fingerprint density at radius 3 is 1.31 bits per heavy atom. The van der Waals surface area contributed by atoms with Crippen LogP contribution in [-0.2, 0) is 0 Å². The second-order valence-electron chi connectivity index (χ2n) is 4.62. The van der Waals surface area contributed by atoms with Crippen LogP contribution < -0.4 is 5.73 Å². The van der Waals surface area contributed by atoms with Crippen LogP contribution in [-0.4, -0.2) is 4.75 Å². The summed E-state index contributed by atoms with van der Waals surface area (Å²) in [6.45, 7) is 12.7. The fraction of sp³-hybridized carbons (Fsp3) is 0.800. The Morgan fingerprint density at radius 1 is 1.15 bits per heavy atom. The van der Waals surface area contributed by atoms with Gasteiger partial charge >= 0.3 is 0 Å². The summed E-state index contributed by atoms with van der Waals surface area (Å²) in [4.78, 5) is 0.852. The molecule has 3 heteroatoms. The fourth-order valence-electron chi connectivity index (χ4n) is 0. The molecule has 0 amide bonds. The Labute approximate surface area is 94.0 Å². The molecule has 0 aromatic carbocycles. The molecule has 0 unspecified atom stereocenters. The molecule has 0 atom stereocenters. The maximum absolute atomic E-state index is 4.93. The quantitative estimate of drug-likeness (QED) is 0.537. The van der Waals surface area contributed by atoms with E-state index in [0.717, 1.165) is 4.91 Å². The van der Waals surface area contributed by atoms with Gasteiger partial charge in [0.15, 0.2) is 0 Å². The fourth-order valence-corrected chi connectivity index (χ4v) is 0. The molecular weight excluding hydrogens is 198 g/mol. The molecule has 0 aliphatic rings. The van der Waals surface area contributed by atoms with Crippen molar-refractivity contribution in [1.82, 2.24) is 0 Å². The average Bonchev–Trinajstić information content (AvgIpc) is 1.84. The molecule has 0 aliphatic heterocycles. The minimum absolute atomic E-state index is 0.132. The van der Waals surface area contributed by atoms with E-state index in [0.29, 0.717) is 5.41 Å². The van der Waals surface area contributed by atoms with Gasteiger partial charge in [0.05, 0.1) is 0 Å². The highest BCUT2D eigenvalue weighted by Gasteiger charge is 2.28. The first-order valence-corrected chi connectivity index (χ1v) is 5.21. The highest BCUT2D eigenvalue weighted by atomic mass is 32.1. The minimum Gasteiger partial charge on any atom is -0.404 e. The molecule has 0 saturated heterocycles. The van der Waals surface area contributed by atoms with Crippen molar-refractivity contribution in [3.8, 4) is 0 Å². The largest absolute Gasteiger partial charge is 0.404 e. The van der Waals surface area contributed by atoms with Crippen LogP contribution in [0.4, 0.5) is 0 Å². The molecular formula is C10H23NS2. The summed E-state index contributed by atoms with van der Waals surface area (Å²) in [7, 11) is 0. The molecule has 0 spiro atoms. The summed E-state index contributed by atoms with van der Waals surface area (Å²) in [5.74, 6) is 0. The van der Waals surface area contributed by atoms with Gasteiger partial charge < -0.3 is 5.73 Å². The number of nitrogens with two attached hydrogens (primary N) is 1. The predicted octanol–water partition coefficient (Wildman–Crippen LogP) is 3.48. The summed E-state index contributed by atoms with van der Waals surface area (Å²) >= 11 is 8.27. The maximum Gasteiger partial charge on any atom is 0.0121 e. The summed E-state index contributed by atoms with van der Waals surface area (Å²) in [5.41, 5.74) is 5.23. The van der Waals surface area contributed by atoms with Gasteiger partial charge in [-0.1, -0.05) is 34.6 Å². The Morgan fingerprint density at radius 2 is 1.31 bits per heavy atom. The number of allylic oxidation sites excluding steroid dienone is 1. The van der Waals surface area contributed by atoms with Gasteiger partial charge in [0.25, 0.3) is 0 Å². The van der Waals surface area contributed by atoms with Crippen LogP contribution >= 0.6 is 25.3 Å². The molecule has 0 aliphatic carbocycles. The number of thiol groups is 2. The van der Waals surface area contributed by atoms with Crippen LogP contribution in [0, 0.1) is 5.41 Å². The first-order chi connectivity index (χ1) is 5.52. The zero-order chi connectivity index (χ0) is 11.3. The van der Waals surface area contributed by atoms with Gasteiger partial charge in [0, 0.05) is 10.9 Å². The van der Waals surface area contributed by atoms with Crippen molar-refractivity contribution in [1.29, 1.82) is 0 Å².